The Morgan fingerprint density at radius 3 is 3.00 bits per heavy atom. The average molecular weight is 235 g/mol. The highest BCUT2D eigenvalue weighted by atomic mass is 16.5. The molecule has 0 fully saturated rings. The third kappa shape index (κ3) is 2.59. The van der Waals surface area contributed by atoms with Gasteiger partial charge in [0.15, 0.2) is 11.5 Å². The molecule has 1 unspecified atom stereocenters. The highest BCUT2D eigenvalue weighted by molar-refractivity contribution is 5.36. The van der Waals surface area contributed by atoms with Crippen molar-refractivity contribution < 1.29 is 4.74 Å². The van der Waals surface area contributed by atoms with Crippen molar-refractivity contribution in [3.63, 3.8) is 0 Å². The molecule has 0 saturated carbocycles. The molecule has 0 amide bonds. The van der Waals surface area contributed by atoms with Crippen LogP contribution in [0, 0.1) is 6.92 Å². The van der Waals surface area contributed by atoms with E-state index in [1.54, 1.807) is 11.6 Å². The first-order valence-corrected chi connectivity index (χ1v) is 5.66. The van der Waals surface area contributed by atoms with Gasteiger partial charge in [-0.2, -0.15) is 9.61 Å². The summed E-state index contributed by atoms with van der Waals surface area (Å²) in [5.41, 5.74) is 7.73. The maximum absolute atomic E-state index is 6.08. The Morgan fingerprint density at radius 1 is 1.41 bits per heavy atom. The summed E-state index contributed by atoms with van der Waals surface area (Å²) in [7, 11) is 1.68. The molecule has 0 aromatic carbocycles. The summed E-state index contributed by atoms with van der Waals surface area (Å²) in [6, 6.07) is 3.64. The lowest BCUT2D eigenvalue weighted by molar-refractivity contribution is 0.190. The number of methoxy groups -OCH3 is 1. The molecule has 1 atom stereocenters. The number of ether oxygens (including phenoxy) is 1. The molecular formula is C11H17N5O. The van der Waals surface area contributed by atoms with Gasteiger partial charge in [-0.3, -0.25) is 0 Å². The smallest absolute Gasteiger partial charge is 0.177 e. The number of aromatic nitrogens is 4. The van der Waals surface area contributed by atoms with Gasteiger partial charge in [0.05, 0.1) is 11.7 Å². The van der Waals surface area contributed by atoms with E-state index >= 15 is 0 Å². The molecule has 0 bridgehead atoms. The molecule has 6 heteroatoms. The van der Waals surface area contributed by atoms with Crippen molar-refractivity contribution in [3.8, 4) is 0 Å². The molecule has 0 aliphatic heterocycles. The number of aryl methyl sites for hydroxylation is 1. The van der Waals surface area contributed by atoms with Gasteiger partial charge in [-0.25, -0.2) is 0 Å². The Hall–Kier alpha value is -1.53. The lowest BCUT2D eigenvalue weighted by Gasteiger charge is -2.08. The Bertz CT molecular complexity index is 496. The largest absolute Gasteiger partial charge is 0.385 e. The Kier molecular flexibility index (Phi) is 3.65. The molecule has 92 valence electrons. The van der Waals surface area contributed by atoms with Crippen molar-refractivity contribution in [2.75, 3.05) is 13.7 Å². The molecule has 2 aromatic rings. The number of nitrogens with two attached hydrogens (primary N) is 1. The number of fused-ring (bicyclic) bond motifs is 1. The normalized spacial score (nSPS) is 13.1. The molecule has 2 N–H and O–H groups in total. The van der Waals surface area contributed by atoms with Crippen LogP contribution in [0.1, 0.15) is 30.4 Å². The molecular weight excluding hydrogens is 218 g/mol. The number of hydrogen-bond acceptors (Lipinski definition) is 5. The fourth-order valence-electron chi connectivity index (χ4n) is 1.71. The molecule has 2 aromatic heterocycles. The first kappa shape index (κ1) is 11.9. The molecule has 0 spiro atoms. The summed E-state index contributed by atoms with van der Waals surface area (Å²) < 4.78 is 6.72. The van der Waals surface area contributed by atoms with E-state index in [2.05, 4.69) is 15.3 Å². The van der Waals surface area contributed by atoms with Crippen LogP contribution < -0.4 is 5.73 Å². The molecule has 0 aliphatic rings. The van der Waals surface area contributed by atoms with E-state index in [-0.39, 0.29) is 6.04 Å². The molecule has 17 heavy (non-hydrogen) atoms. The Balaban J connectivity index is 2.19. The second-order valence-corrected chi connectivity index (χ2v) is 4.04. The molecule has 0 radical (unpaired) electrons. The van der Waals surface area contributed by atoms with E-state index < -0.39 is 0 Å². The predicted octanol–water partition coefficient (Wildman–Crippen LogP) is 0.859. The summed E-state index contributed by atoms with van der Waals surface area (Å²) in [5, 5.41) is 12.5. The molecule has 0 aliphatic carbocycles. The molecule has 0 saturated heterocycles. The van der Waals surface area contributed by atoms with E-state index in [9.17, 15) is 0 Å². The van der Waals surface area contributed by atoms with E-state index in [1.165, 1.54) is 0 Å². The van der Waals surface area contributed by atoms with Gasteiger partial charge in [0, 0.05) is 13.7 Å². The summed E-state index contributed by atoms with van der Waals surface area (Å²) in [4.78, 5) is 0. The third-order valence-corrected chi connectivity index (χ3v) is 2.62. The number of rotatable bonds is 5. The minimum Gasteiger partial charge on any atom is -0.385 e. The zero-order valence-corrected chi connectivity index (χ0v) is 10.1. The molecule has 2 heterocycles. The van der Waals surface area contributed by atoms with E-state index in [4.69, 9.17) is 10.5 Å². The van der Waals surface area contributed by atoms with Gasteiger partial charge in [-0.15, -0.1) is 10.2 Å². The van der Waals surface area contributed by atoms with Crippen LogP contribution in [0.2, 0.25) is 0 Å². The van der Waals surface area contributed by atoms with Gasteiger partial charge in [0.1, 0.15) is 0 Å². The van der Waals surface area contributed by atoms with Gasteiger partial charge in [-0.05, 0) is 31.9 Å². The SMILES string of the molecule is COCCCC(N)c1nnc2ccc(C)nn12. The van der Waals surface area contributed by atoms with Gasteiger partial charge in [0.2, 0.25) is 0 Å². The summed E-state index contributed by atoms with van der Waals surface area (Å²) in [6.07, 6.45) is 1.71. The van der Waals surface area contributed by atoms with Gasteiger partial charge >= 0.3 is 0 Å². The first-order valence-electron chi connectivity index (χ1n) is 5.66. The van der Waals surface area contributed by atoms with Crippen molar-refractivity contribution in [1.29, 1.82) is 0 Å². The summed E-state index contributed by atoms with van der Waals surface area (Å²) >= 11 is 0. The fourth-order valence-corrected chi connectivity index (χ4v) is 1.71. The topological polar surface area (TPSA) is 78.3 Å². The zero-order chi connectivity index (χ0) is 12.3. The van der Waals surface area contributed by atoms with Gasteiger partial charge in [0.25, 0.3) is 0 Å². The Morgan fingerprint density at radius 2 is 2.24 bits per heavy atom. The summed E-state index contributed by atoms with van der Waals surface area (Å²) in [6.45, 7) is 2.64. The summed E-state index contributed by atoms with van der Waals surface area (Å²) in [5.74, 6) is 0.708. The molecule has 6 nitrogen and oxygen atoms in total. The number of nitrogens with zero attached hydrogens (tertiary/aromatic N) is 4. The maximum Gasteiger partial charge on any atom is 0.177 e. The lowest BCUT2D eigenvalue weighted by Crippen LogP contribution is -2.16. The standard InChI is InChI=1S/C11H17N5O/c1-8-5-6-10-13-14-11(16(10)15-8)9(12)4-3-7-17-2/h5-6,9H,3-4,7,12H2,1-2H3. The van der Waals surface area contributed by atoms with Crippen LogP contribution in [0.4, 0.5) is 0 Å². The molecule has 2 rings (SSSR count). The van der Waals surface area contributed by atoms with Crippen LogP contribution in [-0.4, -0.2) is 33.5 Å². The van der Waals surface area contributed by atoms with Crippen LogP contribution in [0.25, 0.3) is 5.65 Å². The van der Waals surface area contributed by atoms with Crippen LogP contribution in [0.5, 0.6) is 0 Å². The Labute approximate surface area is 99.8 Å². The van der Waals surface area contributed by atoms with E-state index in [0.717, 1.165) is 24.2 Å². The van der Waals surface area contributed by atoms with E-state index in [1.807, 2.05) is 19.1 Å². The predicted molar refractivity (Wildman–Crippen MR) is 63.6 cm³/mol. The minimum atomic E-state index is -0.158. The van der Waals surface area contributed by atoms with Crippen molar-refractivity contribution in [1.82, 2.24) is 19.8 Å². The van der Waals surface area contributed by atoms with Crippen LogP contribution in [0.3, 0.4) is 0 Å². The van der Waals surface area contributed by atoms with Crippen molar-refractivity contribution in [3.05, 3.63) is 23.7 Å². The van der Waals surface area contributed by atoms with Crippen LogP contribution in [0.15, 0.2) is 12.1 Å². The highest BCUT2D eigenvalue weighted by Crippen LogP contribution is 2.14. The minimum absolute atomic E-state index is 0.158. The zero-order valence-electron chi connectivity index (χ0n) is 10.1. The lowest BCUT2D eigenvalue weighted by atomic mass is 10.1. The van der Waals surface area contributed by atoms with Crippen molar-refractivity contribution in [2.24, 2.45) is 5.73 Å². The fraction of sp³-hybridized carbons (Fsp3) is 0.545. The highest BCUT2D eigenvalue weighted by Gasteiger charge is 2.14. The van der Waals surface area contributed by atoms with Crippen molar-refractivity contribution in [2.45, 2.75) is 25.8 Å². The average Bonchev–Trinajstić information content (AvgIpc) is 2.72. The van der Waals surface area contributed by atoms with Crippen LogP contribution in [-0.2, 0) is 4.74 Å². The maximum atomic E-state index is 6.08. The first-order chi connectivity index (χ1) is 8.22. The number of hydrogen-bond donors (Lipinski definition) is 1. The van der Waals surface area contributed by atoms with Crippen LogP contribution >= 0.6 is 0 Å². The van der Waals surface area contributed by atoms with E-state index in [0.29, 0.717) is 12.4 Å². The second kappa shape index (κ2) is 5.20. The quantitative estimate of drug-likeness (QED) is 0.778. The third-order valence-electron chi connectivity index (χ3n) is 2.62. The second-order valence-electron chi connectivity index (χ2n) is 4.04. The van der Waals surface area contributed by atoms with Crippen molar-refractivity contribution >= 4 is 5.65 Å². The van der Waals surface area contributed by atoms with Gasteiger partial charge < -0.3 is 10.5 Å². The van der Waals surface area contributed by atoms with Gasteiger partial charge in [-0.1, -0.05) is 0 Å². The monoisotopic (exact) mass is 235 g/mol.